The van der Waals surface area contributed by atoms with Crippen LogP contribution in [0.5, 0.6) is 0 Å². The Kier molecular flexibility index (Phi) is 7.57. The van der Waals surface area contributed by atoms with Crippen LogP contribution in [-0.2, 0) is 9.59 Å². The topological polar surface area (TPSA) is 61.4 Å². The molecule has 160 valence electrons. The lowest BCUT2D eigenvalue weighted by molar-refractivity contribution is -0.132. The number of likely N-dealkylation sites (N-methyl/N-ethyl adjacent to an activating group) is 1. The van der Waals surface area contributed by atoms with Crippen molar-refractivity contribution in [1.82, 2.24) is 10.2 Å². The number of carbonyl (C=O) groups excluding carboxylic acids is 2. The number of aryl methyl sites for hydroxylation is 2. The van der Waals surface area contributed by atoms with Crippen LogP contribution in [0.15, 0.2) is 78.9 Å². The molecule has 5 nitrogen and oxygen atoms in total. The molecule has 31 heavy (non-hydrogen) atoms. The Morgan fingerprint density at radius 1 is 0.871 bits per heavy atom. The van der Waals surface area contributed by atoms with Gasteiger partial charge in [0.05, 0.1) is 19.1 Å². The van der Waals surface area contributed by atoms with Crippen LogP contribution < -0.4 is 10.6 Å². The molecule has 2 amide bonds. The van der Waals surface area contributed by atoms with Crippen molar-refractivity contribution in [3.8, 4) is 0 Å². The molecule has 0 radical (unpaired) electrons. The highest BCUT2D eigenvalue weighted by molar-refractivity contribution is 5.95. The predicted octanol–water partition coefficient (Wildman–Crippen LogP) is 4.08. The second-order valence-electron chi connectivity index (χ2n) is 7.75. The van der Waals surface area contributed by atoms with E-state index < -0.39 is 0 Å². The maximum absolute atomic E-state index is 12.7. The minimum Gasteiger partial charge on any atom is -0.335 e. The maximum atomic E-state index is 12.7. The lowest BCUT2D eigenvalue weighted by atomic mass is 9.99. The van der Waals surface area contributed by atoms with Crippen molar-refractivity contribution in [3.63, 3.8) is 0 Å². The van der Waals surface area contributed by atoms with Crippen LogP contribution in [-0.4, -0.2) is 36.9 Å². The van der Waals surface area contributed by atoms with Crippen LogP contribution in [0.3, 0.4) is 0 Å². The molecule has 0 atom stereocenters. The van der Waals surface area contributed by atoms with Crippen molar-refractivity contribution in [1.29, 1.82) is 0 Å². The fraction of sp³-hybridized carbons (Fsp3) is 0.231. The SMILES string of the molecule is Cc1ccc(C)c(NC(=O)CN(C)C(=O)CNC(c2ccccc2)c2ccccc2)c1. The second-order valence-corrected chi connectivity index (χ2v) is 7.75. The van der Waals surface area contributed by atoms with E-state index in [1.54, 1.807) is 7.05 Å². The van der Waals surface area contributed by atoms with Crippen LogP contribution in [0, 0.1) is 13.8 Å². The molecule has 0 aliphatic heterocycles. The summed E-state index contributed by atoms with van der Waals surface area (Å²) in [6.45, 7) is 4.05. The molecular formula is C26H29N3O2. The highest BCUT2D eigenvalue weighted by atomic mass is 16.2. The molecule has 0 heterocycles. The van der Waals surface area contributed by atoms with Gasteiger partial charge in [0.1, 0.15) is 0 Å². The van der Waals surface area contributed by atoms with Gasteiger partial charge in [0.25, 0.3) is 0 Å². The smallest absolute Gasteiger partial charge is 0.243 e. The Labute approximate surface area is 184 Å². The number of nitrogens with zero attached hydrogens (tertiary/aromatic N) is 1. The summed E-state index contributed by atoms with van der Waals surface area (Å²) in [7, 11) is 1.65. The fourth-order valence-electron chi connectivity index (χ4n) is 3.41. The van der Waals surface area contributed by atoms with Gasteiger partial charge in [0.15, 0.2) is 0 Å². The van der Waals surface area contributed by atoms with Crippen molar-refractivity contribution < 1.29 is 9.59 Å². The molecule has 0 fully saturated rings. The van der Waals surface area contributed by atoms with Gasteiger partial charge in [-0.05, 0) is 42.2 Å². The van der Waals surface area contributed by atoms with Gasteiger partial charge >= 0.3 is 0 Å². The molecule has 0 unspecified atom stereocenters. The minimum absolute atomic E-state index is 0.00473. The van der Waals surface area contributed by atoms with E-state index in [-0.39, 0.29) is 30.9 Å². The number of rotatable bonds is 8. The molecule has 3 aromatic carbocycles. The lowest BCUT2D eigenvalue weighted by Crippen LogP contribution is -2.41. The summed E-state index contributed by atoms with van der Waals surface area (Å²) < 4.78 is 0. The Balaban J connectivity index is 1.60. The lowest BCUT2D eigenvalue weighted by Gasteiger charge is -2.22. The molecule has 0 aromatic heterocycles. The molecule has 0 bridgehead atoms. The van der Waals surface area contributed by atoms with E-state index in [0.717, 1.165) is 27.9 Å². The maximum Gasteiger partial charge on any atom is 0.243 e. The molecule has 3 rings (SSSR count). The Bertz CT molecular complexity index is 980. The molecule has 5 heteroatoms. The molecule has 0 spiro atoms. The average Bonchev–Trinajstić information content (AvgIpc) is 2.77. The first kappa shape index (κ1) is 22.2. The first-order valence-electron chi connectivity index (χ1n) is 10.4. The monoisotopic (exact) mass is 415 g/mol. The van der Waals surface area contributed by atoms with Crippen LogP contribution in [0.1, 0.15) is 28.3 Å². The van der Waals surface area contributed by atoms with Gasteiger partial charge in [-0.15, -0.1) is 0 Å². The van der Waals surface area contributed by atoms with E-state index in [1.165, 1.54) is 4.90 Å². The number of hydrogen-bond donors (Lipinski definition) is 2. The normalized spacial score (nSPS) is 10.7. The highest BCUT2D eigenvalue weighted by Gasteiger charge is 2.18. The predicted molar refractivity (Wildman–Crippen MR) is 125 cm³/mol. The molecule has 0 aliphatic rings. The number of anilines is 1. The third kappa shape index (κ3) is 6.27. The van der Waals surface area contributed by atoms with E-state index >= 15 is 0 Å². The molecular weight excluding hydrogens is 386 g/mol. The summed E-state index contributed by atoms with van der Waals surface area (Å²) in [6.07, 6.45) is 0. The molecule has 0 aliphatic carbocycles. The van der Waals surface area contributed by atoms with Gasteiger partial charge in [-0.25, -0.2) is 0 Å². The van der Waals surface area contributed by atoms with Crippen molar-refractivity contribution in [2.24, 2.45) is 0 Å². The molecule has 3 aromatic rings. The Morgan fingerprint density at radius 2 is 1.45 bits per heavy atom. The first-order valence-corrected chi connectivity index (χ1v) is 10.4. The molecule has 2 N–H and O–H groups in total. The quantitative estimate of drug-likeness (QED) is 0.583. The van der Waals surface area contributed by atoms with E-state index in [1.807, 2.05) is 92.7 Å². The van der Waals surface area contributed by atoms with Crippen molar-refractivity contribution in [2.45, 2.75) is 19.9 Å². The minimum atomic E-state index is -0.216. The van der Waals surface area contributed by atoms with E-state index in [4.69, 9.17) is 0 Å². The number of amides is 2. The molecule has 0 saturated heterocycles. The van der Waals surface area contributed by atoms with Crippen LogP contribution in [0.2, 0.25) is 0 Å². The number of nitrogens with one attached hydrogen (secondary N) is 2. The zero-order chi connectivity index (χ0) is 22.2. The van der Waals surface area contributed by atoms with Gasteiger partial charge in [-0.2, -0.15) is 0 Å². The zero-order valence-corrected chi connectivity index (χ0v) is 18.3. The average molecular weight is 416 g/mol. The summed E-state index contributed by atoms with van der Waals surface area (Å²) in [5.41, 5.74) is 5.00. The zero-order valence-electron chi connectivity index (χ0n) is 18.3. The van der Waals surface area contributed by atoms with Crippen LogP contribution >= 0.6 is 0 Å². The summed E-state index contributed by atoms with van der Waals surface area (Å²) in [5, 5.41) is 6.25. The Hall–Kier alpha value is -3.44. The van der Waals surface area contributed by atoms with E-state index in [0.29, 0.717) is 0 Å². The van der Waals surface area contributed by atoms with E-state index in [2.05, 4.69) is 10.6 Å². The third-order valence-electron chi connectivity index (χ3n) is 5.20. The van der Waals surface area contributed by atoms with Gasteiger partial charge in [-0.3, -0.25) is 14.9 Å². The number of hydrogen-bond acceptors (Lipinski definition) is 3. The van der Waals surface area contributed by atoms with Crippen molar-refractivity contribution >= 4 is 17.5 Å². The summed E-state index contributed by atoms with van der Waals surface area (Å²) in [6, 6.07) is 25.8. The van der Waals surface area contributed by atoms with Crippen molar-refractivity contribution in [2.75, 3.05) is 25.5 Å². The second kappa shape index (κ2) is 10.5. The number of carbonyl (C=O) groups is 2. The van der Waals surface area contributed by atoms with Gasteiger partial charge in [0, 0.05) is 12.7 Å². The van der Waals surface area contributed by atoms with Crippen LogP contribution in [0.25, 0.3) is 0 Å². The Morgan fingerprint density at radius 3 is 2.03 bits per heavy atom. The number of benzene rings is 3. The van der Waals surface area contributed by atoms with Gasteiger partial charge < -0.3 is 10.2 Å². The summed E-state index contributed by atoms with van der Waals surface area (Å²) in [4.78, 5) is 26.6. The van der Waals surface area contributed by atoms with Crippen molar-refractivity contribution in [3.05, 3.63) is 101 Å². The third-order valence-corrected chi connectivity index (χ3v) is 5.20. The summed E-state index contributed by atoms with van der Waals surface area (Å²) >= 11 is 0. The fourth-order valence-corrected chi connectivity index (χ4v) is 3.41. The van der Waals surface area contributed by atoms with E-state index in [9.17, 15) is 9.59 Å². The van der Waals surface area contributed by atoms with Gasteiger partial charge in [-0.1, -0.05) is 72.8 Å². The summed E-state index contributed by atoms with van der Waals surface area (Å²) in [5.74, 6) is -0.361. The standard InChI is InChI=1S/C26H29N3O2/c1-19-14-15-20(2)23(16-19)28-24(30)18-29(3)25(31)17-27-26(21-10-6-4-7-11-21)22-12-8-5-9-13-22/h4-16,26-27H,17-18H2,1-3H3,(H,28,30). The molecule has 0 saturated carbocycles. The first-order chi connectivity index (χ1) is 14.9. The van der Waals surface area contributed by atoms with Gasteiger partial charge in [0.2, 0.25) is 11.8 Å². The largest absolute Gasteiger partial charge is 0.335 e. The highest BCUT2D eigenvalue weighted by Crippen LogP contribution is 2.21. The van der Waals surface area contributed by atoms with Crippen LogP contribution in [0.4, 0.5) is 5.69 Å².